The van der Waals surface area contributed by atoms with Crippen molar-refractivity contribution in [3.8, 4) is 11.3 Å². The minimum Gasteiger partial charge on any atom is -0.393 e. The number of aromatic nitrogens is 1. The Morgan fingerprint density at radius 3 is 2.56 bits per heavy atom. The summed E-state index contributed by atoms with van der Waals surface area (Å²) in [5.74, 6) is 0. The van der Waals surface area contributed by atoms with Crippen molar-refractivity contribution in [2.75, 3.05) is 13.2 Å². The fourth-order valence-electron chi connectivity index (χ4n) is 4.20. The first-order valence-corrected chi connectivity index (χ1v) is 8.58. The van der Waals surface area contributed by atoms with Crippen LogP contribution in [-0.2, 0) is 10.3 Å². The van der Waals surface area contributed by atoms with E-state index in [9.17, 15) is 23.4 Å². The zero-order valence-corrected chi connectivity index (χ0v) is 14.5. The van der Waals surface area contributed by atoms with Crippen molar-refractivity contribution < 1.29 is 28.1 Å². The van der Waals surface area contributed by atoms with E-state index in [2.05, 4.69) is 15.9 Å². The van der Waals surface area contributed by atoms with E-state index in [1.165, 1.54) is 10.6 Å². The van der Waals surface area contributed by atoms with E-state index < -0.39 is 30.0 Å². The van der Waals surface area contributed by atoms with Crippen LogP contribution in [0.3, 0.4) is 0 Å². The molecule has 0 unspecified atom stereocenters. The standard InChI is InChI=1S/C17H15BrF3NO3/c18-11-8-13-16(24,17(19,20)21)15(9-23)12(6-7-25-15)22(13)14(11)10-4-2-1-3-5-10/h1-5,8,12,23-24H,6-7,9H2/t12-,15+,16+/m1/s1. The van der Waals surface area contributed by atoms with Crippen molar-refractivity contribution in [3.05, 3.63) is 46.6 Å². The van der Waals surface area contributed by atoms with E-state index in [4.69, 9.17) is 4.74 Å². The maximum absolute atomic E-state index is 14.0. The van der Waals surface area contributed by atoms with Gasteiger partial charge in [0.05, 0.1) is 24.0 Å². The third kappa shape index (κ3) is 1.94. The van der Waals surface area contributed by atoms with Gasteiger partial charge in [0.2, 0.25) is 5.60 Å². The van der Waals surface area contributed by atoms with Gasteiger partial charge in [-0.15, -0.1) is 0 Å². The van der Waals surface area contributed by atoms with Crippen LogP contribution in [0.25, 0.3) is 11.3 Å². The summed E-state index contributed by atoms with van der Waals surface area (Å²) < 4.78 is 49.2. The second-order valence-electron chi connectivity index (χ2n) is 6.37. The Kier molecular flexibility index (Phi) is 3.64. The average molecular weight is 418 g/mol. The molecular formula is C17H15BrF3NO3. The van der Waals surface area contributed by atoms with E-state index in [0.717, 1.165) is 0 Å². The Morgan fingerprint density at radius 2 is 1.96 bits per heavy atom. The average Bonchev–Trinajstić information content (AvgIpc) is 3.19. The summed E-state index contributed by atoms with van der Waals surface area (Å²) in [6.45, 7) is -0.895. The van der Waals surface area contributed by atoms with Gasteiger partial charge < -0.3 is 19.5 Å². The molecule has 2 N–H and O–H groups in total. The third-order valence-corrected chi connectivity index (χ3v) is 5.87. The smallest absolute Gasteiger partial charge is 0.393 e. The highest BCUT2D eigenvalue weighted by atomic mass is 79.9. The number of alkyl halides is 3. The molecular weight excluding hydrogens is 403 g/mol. The number of rotatable bonds is 2. The van der Waals surface area contributed by atoms with Crippen LogP contribution in [0, 0.1) is 0 Å². The molecule has 1 aromatic carbocycles. The summed E-state index contributed by atoms with van der Waals surface area (Å²) in [4.78, 5) is 0. The molecule has 0 aliphatic carbocycles. The molecule has 1 aromatic heterocycles. The number of aliphatic hydroxyl groups excluding tert-OH is 1. The van der Waals surface area contributed by atoms with Gasteiger partial charge in [-0.2, -0.15) is 13.2 Å². The number of fused-ring (bicyclic) bond motifs is 3. The fourth-order valence-corrected chi connectivity index (χ4v) is 4.84. The predicted octanol–water partition coefficient (Wildman–Crippen LogP) is 3.37. The lowest BCUT2D eigenvalue weighted by atomic mass is 9.79. The van der Waals surface area contributed by atoms with E-state index in [0.29, 0.717) is 15.7 Å². The third-order valence-electron chi connectivity index (χ3n) is 5.27. The van der Waals surface area contributed by atoms with E-state index in [-0.39, 0.29) is 18.7 Å². The summed E-state index contributed by atoms with van der Waals surface area (Å²) in [6.07, 6.45) is -4.73. The van der Waals surface area contributed by atoms with Gasteiger partial charge in [-0.25, -0.2) is 0 Å². The van der Waals surface area contributed by atoms with Crippen LogP contribution < -0.4 is 0 Å². The normalized spacial score (nSPS) is 31.2. The Bertz CT molecular complexity index is 823. The second-order valence-corrected chi connectivity index (χ2v) is 7.23. The summed E-state index contributed by atoms with van der Waals surface area (Å²) in [7, 11) is 0. The van der Waals surface area contributed by atoms with Crippen molar-refractivity contribution in [1.82, 2.24) is 4.57 Å². The van der Waals surface area contributed by atoms with Crippen molar-refractivity contribution in [2.24, 2.45) is 0 Å². The number of ether oxygens (including phenoxy) is 1. The van der Waals surface area contributed by atoms with Crippen LogP contribution in [0.15, 0.2) is 40.9 Å². The molecule has 3 heterocycles. The largest absolute Gasteiger partial charge is 0.426 e. The van der Waals surface area contributed by atoms with Gasteiger partial charge in [0, 0.05) is 11.1 Å². The van der Waals surface area contributed by atoms with Crippen LogP contribution in [-0.4, -0.2) is 39.8 Å². The SMILES string of the molecule is OC[C@]12OCC[C@H]1n1c(cc(Br)c1-c1ccccc1)[C@@]2(O)C(F)(F)F. The van der Waals surface area contributed by atoms with Gasteiger partial charge in [-0.3, -0.25) is 0 Å². The summed E-state index contributed by atoms with van der Waals surface area (Å²) in [5, 5.41) is 20.7. The van der Waals surface area contributed by atoms with Crippen LogP contribution >= 0.6 is 15.9 Å². The topological polar surface area (TPSA) is 54.6 Å². The molecule has 0 spiro atoms. The van der Waals surface area contributed by atoms with Gasteiger partial charge >= 0.3 is 6.18 Å². The van der Waals surface area contributed by atoms with Crippen LogP contribution in [0.1, 0.15) is 18.2 Å². The number of halogens is 4. The highest BCUT2D eigenvalue weighted by Crippen LogP contribution is 2.62. The molecule has 0 saturated carbocycles. The van der Waals surface area contributed by atoms with E-state index in [1.54, 1.807) is 24.3 Å². The molecule has 0 amide bonds. The van der Waals surface area contributed by atoms with Gasteiger partial charge in [0.25, 0.3) is 0 Å². The summed E-state index contributed by atoms with van der Waals surface area (Å²) in [5.41, 5.74) is -4.49. The maximum atomic E-state index is 14.0. The first-order chi connectivity index (χ1) is 11.8. The second kappa shape index (κ2) is 5.33. The molecule has 8 heteroatoms. The number of aliphatic hydroxyl groups is 2. The Labute approximate surface area is 150 Å². The molecule has 1 fully saturated rings. The first-order valence-electron chi connectivity index (χ1n) is 7.78. The van der Waals surface area contributed by atoms with Crippen molar-refractivity contribution in [1.29, 1.82) is 0 Å². The number of benzene rings is 1. The highest BCUT2D eigenvalue weighted by Gasteiger charge is 2.77. The molecule has 1 saturated heterocycles. The Morgan fingerprint density at radius 1 is 1.28 bits per heavy atom. The molecule has 25 heavy (non-hydrogen) atoms. The zero-order valence-electron chi connectivity index (χ0n) is 12.9. The molecule has 2 aromatic rings. The Balaban J connectivity index is 2.04. The van der Waals surface area contributed by atoms with Crippen molar-refractivity contribution >= 4 is 15.9 Å². The first kappa shape index (κ1) is 17.1. The Hall–Kier alpha value is -1.35. The molecule has 3 atom stereocenters. The maximum Gasteiger partial charge on any atom is 0.426 e. The van der Waals surface area contributed by atoms with Gasteiger partial charge in [0.15, 0.2) is 5.60 Å². The summed E-state index contributed by atoms with van der Waals surface area (Å²) >= 11 is 3.33. The van der Waals surface area contributed by atoms with E-state index >= 15 is 0 Å². The molecule has 4 rings (SSSR count). The van der Waals surface area contributed by atoms with E-state index in [1.807, 2.05) is 6.07 Å². The number of hydrogen-bond acceptors (Lipinski definition) is 3. The van der Waals surface area contributed by atoms with Crippen molar-refractivity contribution in [3.63, 3.8) is 0 Å². The summed E-state index contributed by atoms with van der Waals surface area (Å²) in [6, 6.07) is 9.42. The van der Waals surface area contributed by atoms with Gasteiger partial charge in [0.1, 0.15) is 0 Å². The van der Waals surface area contributed by atoms with Gasteiger partial charge in [-0.1, -0.05) is 30.3 Å². The monoisotopic (exact) mass is 417 g/mol. The predicted molar refractivity (Wildman–Crippen MR) is 86.9 cm³/mol. The van der Waals surface area contributed by atoms with Crippen molar-refractivity contribution in [2.45, 2.75) is 29.8 Å². The molecule has 2 aliphatic heterocycles. The minimum absolute atomic E-state index is 0.0348. The van der Waals surface area contributed by atoms with Crippen LogP contribution in [0.5, 0.6) is 0 Å². The van der Waals surface area contributed by atoms with Gasteiger partial charge in [-0.05, 0) is 34.0 Å². The molecule has 2 aliphatic rings. The highest BCUT2D eigenvalue weighted by molar-refractivity contribution is 9.10. The molecule has 0 radical (unpaired) electrons. The number of nitrogens with zero attached hydrogens (tertiary/aromatic N) is 1. The fraction of sp³-hybridized carbons (Fsp3) is 0.412. The molecule has 0 bridgehead atoms. The van der Waals surface area contributed by atoms with Crippen LogP contribution in [0.2, 0.25) is 0 Å². The minimum atomic E-state index is -5.00. The lowest BCUT2D eigenvalue weighted by molar-refractivity contribution is -0.329. The lowest BCUT2D eigenvalue weighted by Gasteiger charge is -2.40. The van der Waals surface area contributed by atoms with Crippen LogP contribution in [0.4, 0.5) is 13.2 Å². The number of hydrogen-bond donors (Lipinski definition) is 2. The zero-order chi connectivity index (χ0) is 18.0. The molecule has 134 valence electrons. The lowest BCUT2D eigenvalue weighted by Crippen LogP contribution is -2.61. The molecule has 4 nitrogen and oxygen atoms in total. The quantitative estimate of drug-likeness (QED) is 0.787.